The maximum Gasteiger partial charge on any atom is 0.154 e. The number of halogens is 1. The summed E-state index contributed by atoms with van der Waals surface area (Å²) in [5.74, 6) is 1.28. The minimum Gasteiger partial charge on any atom is -0.352 e. The highest BCUT2D eigenvalue weighted by Gasteiger charge is 2.28. The number of pyridine rings is 1. The average molecular weight is 319 g/mol. The highest BCUT2D eigenvalue weighted by atomic mass is 79.9. The van der Waals surface area contributed by atoms with E-state index in [1.54, 1.807) is 6.20 Å². The largest absolute Gasteiger partial charge is 0.352 e. The molecule has 1 atom stereocenters. The van der Waals surface area contributed by atoms with Gasteiger partial charge < -0.3 is 4.90 Å². The van der Waals surface area contributed by atoms with Crippen LogP contribution in [0.5, 0.6) is 0 Å². The Labute approximate surface area is 110 Å². The molecular formula is C11H15BrN2O2S. The molecule has 0 aromatic carbocycles. The first kappa shape index (κ1) is 12.8. The molecule has 1 aliphatic heterocycles. The summed E-state index contributed by atoms with van der Waals surface area (Å²) in [6, 6.07) is 1.97. The molecule has 0 N–H and O–H groups in total. The van der Waals surface area contributed by atoms with Crippen molar-refractivity contribution in [1.29, 1.82) is 0 Å². The van der Waals surface area contributed by atoms with Crippen LogP contribution in [0.2, 0.25) is 0 Å². The van der Waals surface area contributed by atoms with E-state index < -0.39 is 9.84 Å². The van der Waals surface area contributed by atoms with E-state index in [0.717, 1.165) is 15.9 Å². The fraction of sp³-hybridized carbons (Fsp3) is 0.545. The SMILES string of the molecule is Cc1cc(N2CCS(=O)(=O)CC2C)ncc1Br. The Balaban J connectivity index is 2.26. The van der Waals surface area contributed by atoms with E-state index >= 15 is 0 Å². The van der Waals surface area contributed by atoms with Gasteiger partial charge in [0.2, 0.25) is 0 Å². The van der Waals surface area contributed by atoms with Gasteiger partial charge in [-0.3, -0.25) is 0 Å². The van der Waals surface area contributed by atoms with Crippen LogP contribution in [-0.2, 0) is 9.84 Å². The van der Waals surface area contributed by atoms with Crippen LogP contribution >= 0.6 is 15.9 Å². The van der Waals surface area contributed by atoms with E-state index in [-0.39, 0.29) is 17.5 Å². The van der Waals surface area contributed by atoms with Crippen LogP contribution in [0.4, 0.5) is 5.82 Å². The third-order valence-electron chi connectivity index (χ3n) is 3.00. The molecule has 17 heavy (non-hydrogen) atoms. The zero-order valence-electron chi connectivity index (χ0n) is 9.85. The van der Waals surface area contributed by atoms with Crippen molar-refractivity contribution >= 4 is 31.6 Å². The fourth-order valence-corrected chi connectivity index (χ4v) is 3.79. The van der Waals surface area contributed by atoms with Gasteiger partial charge in [0, 0.05) is 23.3 Å². The van der Waals surface area contributed by atoms with Crippen molar-refractivity contribution in [3.63, 3.8) is 0 Å². The molecule has 0 saturated carbocycles. The number of nitrogens with zero attached hydrogens (tertiary/aromatic N) is 2. The number of rotatable bonds is 1. The summed E-state index contributed by atoms with van der Waals surface area (Å²) >= 11 is 3.41. The molecule has 0 amide bonds. The van der Waals surface area contributed by atoms with Gasteiger partial charge in [-0.2, -0.15) is 0 Å². The van der Waals surface area contributed by atoms with Crippen LogP contribution in [0.25, 0.3) is 0 Å². The molecule has 0 radical (unpaired) electrons. The fourth-order valence-electron chi connectivity index (χ4n) is 2.02. The molecule has 1 aromatic heterocycles. The zero-order valence-corrected chi connectivity index (χ0v) is 12.3. The van der Waals surface area contributed by atoms with Crippen LogP contribution in [0.3, 0.4) is 0 Å². The van der Waals surface area contributed by atoms with Crippen LogP contribution < -0.4 is 4.90 Å². The average Bonchev–Trinajstić information content (AvgIpc) is 2.21. The first-order chi connectivity index (χ1) is 7.89. The number of aryl methyl sites for hydroxylation is 1. The minimum absolute atomic E-state index is 0.0122. The van der Waals surface area contributed by atoms with E-state index in [1.165, 1.54) is 0 Å². The molecule has 1 fully saturated rings. The predicted octanol–water partition coefficient (Wildman–Crippen LogP) is 1.78. The van der Waals surface area contributed by atoms with Crippen LogP contribution in [0.15, 0.2) is 16.7 Å². The Morgan fingerprint density at radius 2 is 2.24 bits per heavy atom. The summed E-state index contributed by atoms with van der Waals surface area (Å²) in [7, 11) is -2.87. The van der Waals surface area contributed by atoms with Crippen molar-refractivity contribution in [1.82, 2.24) is 4.98 Å². The zero-order chi connectivity index (χ0) is 12.6. The van der Waals surface area contributed by atoms with Crippen molar-refractivity contribution in [2.45, 2.75) is 19.9 Å². The third kappa shape index (κ3) is 2.80. The first-order valence-electron chi connectivity index (χ1n) is 5.48. The smallest absolute Gasteiger partial charge is 0.154 e. The number of sulfone groups is 1. The maximum atomic E-state index is 11.5. The molecule has 1 aliphatic rings. The summed E-state index contributed by atoms with van der Waals surface area (Å²) in [6.45, 7) is 4.45. The van der Waals surface area contributed by atoms with Crippen molar-refractivity contribution < 1.29 is 8.42 Å². The van der Waals surface area contributed by atoms with E-state index in [1.807, 2.05) is 19.9 Å². The lowest BCUT2D eigenvalue weighted by Crippen LogP contribution is -2.47. The van der Waals surface area contributed by atoms with E-state index in [2.05, 4.69) is 25.8 Å². The van der Waals surface area contributed by atoms with Gasteiger partial charge in [-0.25, -0.2) is 13.4 Å². The van der Waals surface area contributed by atoms with Gasteiger partial charge in [0.15, 0.2) is 9.84 Å². The standard InChI is InChI=1S/C11H15BrN2O2S/c1-8-5-11(13-6-10(8)12)14-3-4-17(15,16)7-9(14)2/h5-6,9H,3-4,7H2,1-2H3. The summed E-state index contributed by atoms with van der Waals surface area (Å²) in [4.78, 5) is 6.40. The molecule has 2 heterocycles. The number of hydrogen-bond acceptors (Lipinski definition) is 4. The van der Waals surface area contributed by atoms with Crippen LogP contribution in [0.1, 0.15) is 12.5 Å². The molecule has 0 aliphatic carbocycles. The summed E-state index contributed by atoms with van der Waals surface area (Å²) in [6.07, 6.45) is 1.76. The minimum atomic E-state index is -2.87. The van der Waals surface area contributed by atoms with E-state index in [4.69, 9.17) is 0 Å². The van der Waals surface area contributed by atoms with Crippen molar-refractivity contribution in [3.05, 3.63) is 22.3 Å². The second kappa shape index (κ2) is 4.57. The lowest BCUT2D eigenvalue weighted by Gasteiger charge is -2.34. The van der Waals surface area contributed by atoms with Crippen LogP contribution in [-0.4, -0.2) is 37.5 Å². The van der Waals surface area contributed by atoms with Gasteiger partial charge in [0.1, 0.15) is 5.82 Å². The van der Waals surface area contributed by atoms with E-state index in [0.29, 0.717) is 6.54 Å². The van der Waals surface area contributed by atoms with Crippen molar-refractivity contribution in [2.24, 2.45) is 0 Å². The second-order valence-electron chi connectivity index (χ2n) is 4.45. The van der Waals surface area contributed by atoms with Crippen molar-refractivity contribution in [2.75, 3.05) is 23.0 Å². The first-order valence-corrected chi connectivity index (χ1v) is 8.10. The summed E-state index contributed by atoms with van der Waals surface area (Å²) < 4.78 is 24.0. The quantitative estimate of drug-likeness (QED) is 0.792. The molecule has 1 aromatic rings. The molecule has 1 unspecified atom stereocenters. The lowest BCUT2D eigenvalue weighted by molar-refractivity contribution is 0.567. The van der Waals surface area contributed by atoms with Gasteiger partial charge in [-0.05, 0) is 41.4 Å². The molecule has 94 valence electrons. The van der Waals surface area contributed by atoms with Gasteiger partial charge >= 0.3 is 0 Å². The Kier molecular flexibility index (Phi) is 3.45. The topological polar surface area (TPSA) is 50.3 Å². The molecule has 0 spiro atoms. The van der Waals surface area contributed by atoms with Gasteiger partial charge in [0.25, 0.3) is 0 Å². The molecule has 6 heteroatoms. The van der Waals surface area contributed by atoms with Gasteiger partial charge in [0.05, 0.1) is 11.5 Å². The third-order valence-corrected chi connectivity index (χ3v) is 5.62. The monoisotopic (exact) mass is 318 g/mol. The second-order valence-corrected chi connectivity index (χ2v) is 7.53. The Hall–Kier alpha value is -0.620. The highest BCUT2D eigenvalue weighted by Crippen LogP contribution is 2.23. The predicted molar refractivity (Wildman–Crippen MR) is 72.1 cm³/mol. The number of aromatic nitrogens is 1. The molecular weight excluding hydrogens is 304 g/mol. The summed E-state index contributed by atoms with van der Waals surface area (Å²) in [5.41, 5.74) is 1.11. The Morgan fingerprint density at radius 3 is 2.82 bits per heavy atom. The van der Waals surface area contributed by atoms with E-state index in [9.17, 15) is 8.42 Å². The molecule has 4 nitrogen and oxygen atoms in total. The van der Waals surface area contributed by atoms with Crippen molar-refractivity contribution in [3.8, 4) is 0 Å². The van der Waals surface area contributed by atoms with Gasteiger partial charge in [-0.15, -0.1) is 0 Å². The maximum absolute atomic E-state index is 11.5. The van der Waals surface area contributed by atoms with Gasteiger partial charge in [-0.1, -0.05) is 0 Å². The van der Waals surface area contributed by atoms with Crippen LogP contribution in [0, 0.1) is 6.92 Å². The summed E-state index contributed by atoms with van der Waals surface area (Å²) in [5, 5.41) is 0. The number of hydrogen-bond donors (Lipinski definition) is 0. The molecule has 1 saturated heterocycles. The lowest BCUT2D eigenvalue weighted by atomic mass is 10.2. The molecule has 0 bridgehead atoms. The number of anilines is 1. The molecule has 2 rings (SSSR count). The normalized spacial score (nSPS) is 23.7. The highest BCUT2D eigenvalue weighted by molar-refractivity contribution is 9.10. The Bertz CT molecular complexity index is 530. The Morgan fingerprint density at radius 1 is 1.53 bits per heavy atom.